The van der Waals surface area contributed by atoms with Crippen LogP contribution >= 0.6 is 12.4 Å². The summed E-state index contributed by atoms with van der Waals surface area (Å²) in [6, 6.07) is 24.1. The number of carboxylic acid groups (broad SMARTS) is 1. The lowest BCUT2D eigenvalue weighted by atomic mass is 10.0. The molecule has 4 rings (SSSR count). The van der Waals surface area contributed by atoms with Gasteiger partial charge in [-0.05, 0) is 47.4 Å². The van der Waals surface area contributed by atoms with E-state index in [-0.39, 0.29) is 37.1 Å². The molecule has 0 spiro atoms. The average Bonchev–Trinajstić information content (AvgIpc) is 3.18. The van der Waals surface area contributed by atoms with E-state index < -0.39 is 5.97 Å². The van der Waals surface area contributed by atoms with Crippen LogP contribution in [-0.2, 0) is 27.4 Å². The normalized spacial score (nSPS) is 12.9. The zero-order valence-corrected chi connectivity index (χ0v) is 19.8. The maximum atomic E-state index is 13.5. The van der Waals surface area contributed by atoms with Crippen molar-refractivity contribution in [3.63, 3.8) is 0 Å². The number of nitrogens with one attached hydrogen (secondary N) is 1. The van der Waals surface area contributed by atoms with Crippen molar-refractivity contribution in [3.05, 3.63) is 107 Å². The summed E-state index contributed by atoms with van der Waals surface area (Å²) in [5, 5.41) is 16.5. The highest BCUT2D eigenvalue weighted by Gasteiger charge is 2.33. The number of amidine groups is 1. The Morgan fingerprint density at radius 3 is 2.23 bits per heavy atom. The van der Waals surface area contributed by atoms with Crippen molar-refractivity contribution >= 4 is 41.4 Å². The summed E-state index contributed by atoms with van der Waals surface area (Å²) in [6.45, 7) is 0.613. The van der Waals surface area contributed by atoms with Gasteiger partial charge >= 0.3 is 5.97 Å². The molecule has 1 aliphatic heterocycles. The number of hydrogen-bond donors (Lipinski definition) is 3. The molecule has 0 bridgehead atoms. The molecular formula is C27H26ClN3O4. The molecule has 3 aromatic carbocycles. The second kappa shape index (κ2) is 11.4. The molecule has 0 fully saturated rings. The lowest BCUT2D eigenvalue weighted by Crippen LogP contribution is -2.26. The van der Waals surface area contributed by atoms with Crippen molar-refractivity contribution in [2.45, 2.75) is 19.4 Å². The van der Waals surface area contributed by atoms with Crippen LogP contribution in [0.5, 0.6) is 0 Å². The Hall–Kier alpha value is -4.10. The van der Waals surface area contributed by atoms with E-state index in [2.05, 4.69) is 0 Å². The fourth-order valence-corrected chi connectivity index (χ4v) is 3.81. The van der Waals surface area contributed by atoms with Gasteiger partial charge in [0.25, 0.3) is 5.91 Å². The summed E-state index contributed by atoms with van der Waals surface area (Å²) in [5.74, 6) is -0.492. The number of carboxylic acids is 1. The van der Waals surface area contributed by atoms with Crippen LogP contribution in [0.15, 0.2) is 84.6 Å². The van der Waals surface area contributed by atoms with Crippen LogP contribution in [-0.4, -0.2) is 29.4 Å². The van der Waals surface area contributed by atoms with E-state index in [1.807, 2.05) is 54.6 Å². The molecule has 0 saturated carbocycles. The van der Waals surface area contributed by atoms with Gasteiger partial charge < -0.3 is 20.5 Å². The Labute approximate surface area is 209 Å². The highest BCUT2D eigenvalue weighted by molar-refractivity contribution is 6.29. The Morgan fingerprint density at radius 2 is 1.63 bits per heavy atom. The number of hydrogen-bond acceptors (Lipinski definition) is 4. The zero-order valence-electron chi connectivity index (χ0n) is 18.9. The van der Waals surface area contributed by atoms with Crippen LogP contribution in [0.25, 0.3) is 5.57 Å². The van der Waals surface area contributed by atoms with E-state index >= 15 is 0 Å². The summed E-state index contributed by atoms with van der Waals surface area (Å²) in [4.78, 5) is 26.0. The molecule has 3 aromatic rings. The molecule has 0 unspecified atom stereocenters. The molecule has 0 radical (unpaired) electrons. The van der Waals surface area contributed by atoms with E-state index in [0.717, 1.165) is 16.7 Å². The summed E-state index contributed by atoms with van der Waals surface area (Å²) in [5.41, 5.74) is 9.91. The SMILES string of the molecule is Cl.N=C(N)c1ccc(N2CC(OCc3ccccc3)=C(c3ccc(CCC(=O)O)cc3)C2=O)cc1. The summed E-state index contributed by atoms with van der Waals surface area (Å²) in [6.07, 6.45) is 0.477. The monoisotopic (exact) mass is 491 g/mol. The number of ether oxygens (including phenoxy) is 1. The Balaban J connectivity index is 0.00000342. The van der Waals surface area contributed by atoms with E-state index in [1.54, 1.807) is 29.2 Å². The topological polar surface area (TPSA) is 117 Å². The van der Waals surface area contributed by atoms with Gasteiger partial charge in [0, 0.05) is 17.7 Å². The average molecular weight is 492 g/mol. The van der Waals surface area contributed by atoms with Crippen LogP contribution in [0.2, 0.25) is 0 Å². The Morgan fingerprint density at radius 1 is 0.971 bits per heavy atom. The van der Waals surface area contributed by atoms with Gasteiger partial charge in [-0.25, -0.2) is 0 Å². The molecule has 8 heteroatoms. The molecule has 1 heterocycles. The maximum Gasteiger partial charge on any atom is 0.303 e. The number of benzene rings is 3. The van der Waals surface area contributed by atoms with Crippen molar-refractivity contribution in [1.82, 2.24) is 0 Å². The first-order valence-electron chi connectivity index (χ1n) is 10.9. The highest BCUT2D eigenvalue weighted by Crippen LogP contribution is 2.33. The third kappa shape index (κ3) is 6.07. The number of anilines is 1. The maximum absolute atomic E-state index is 13.5. The number of carbonyl (C=O) groups excluding carboxylic acids is 1. The first kappa shape index (κ1) is 25.5. The number of amides is 1. The zero-order chi connectivity index (χ0) is 24.1. The molecule has 0 aliphatic carbocycles. The second-order valence-electron chi connectivity index (χ2n) is 8.01. The minimum absolute atomic E-state index is 0. The fourth-order valence-electron chi connectivity index (χ4n) is 3.81. The van der Waals surface area contributed by atoms with Gasteiger partial charge in [0.1, 0.15) is 18.2 Å². The van der Waals surface area contributed by atoms with E-state index in [4.69, 9.17) is 21.0 Å². The molecular weight excluding hydrogens is 466 g/mol. The van der Waals surface area contributed by atoms with Crippen molar-refractivity contribution in [3.8, 4) is 0 Å². The molecule has 35 heavy (non-hydrogen) atoms. The molecule has 1 aliphatic rings. The number of nitrogens with two attached hydrogens (primary N) is 1. The number of aliphatic carboxylic acids is 1. The molecule has 180 valence electrons. The second-order valence-corrected chi connectivity index (χ2v) is 8.01. The summed E-state index contributed by atoms with van der Waals surface area (Å²) >= 11 is 0. The predicted octanol–water partition coefficient (Wildman–Crippen LogP) is 4.38. The van der Waals surface area contributed by atoms with E-state index in [1.165, 1.54) is 0 Å². The smallest absolute Gasteiger partial charge is 0.303 e. The Kier molecular flexibility index (Phi) is 8.28. The van der Waals surface area contributed by atoms with Crippen molar-refractivity contribution in [2.24, 2.45) is 5.73 Å². The Bertz CT molecular complexity index is 1240. The molecule has 0 saturated heterocycles. The standard InChI is InChI=1S/C27H25N3O4.ClH/c28-26(29)21-11-13-22(14-12-21)30-16-23(34-17-19-4-2-1-3-5-19)25(27(30)33)20-9-6-18(7-10-20)8-15-24(31)32;/h1-7,9-14H,8,15-17H2,(H3,28,29)(H,31,32);1H. The molecule has 7 nitrogen and oxygen atoms in total. The summed E-state index contributed by atoms with van der Waals surface area (Å²) in [7, 11) is 0. The minimum atomic E-state index is -0.846. The number of halogens is 1. The largest absolute Gasteiger partial charge is 0.490 e. The lowest BCUT2D eigenvalue weighted by molar-refractivity contribution is -0.137. The highest BCUT2D eigenvalue weighted by atomic mass is 35.5. The lowest BCUT2D eigenvalue weighted by Gasteiger charge is -2.17. The van der Waals surface area contributed by atoms with Gasteiger partial charge in [0.2, 0.25) is 0 Å². The fraction of sp³-hybridized carbons (Fsp3) is 0.148. The van der Waals surface area contributed by atoms with Crippen molar-refractivity contribution in [2.75, 3.05) is 11.4 Å². The number of aryl methyl sites for hydroxylation is 1. The van der Waals surface area contributed by atoms with E-state index in [0.29, 0.717) is 35.6 Å². The van der Waals surface area contributed by atoms with Gasteiger partial charge in [-0.1, -0.05) is 54.6 Å². The van der Waals surface area contributed by atoms with Gasteiger partial charge in [0.15, 0.2) is 0 Å². The third-order valence-electron chi connectivity index (χ3n) is 5.66. The molecule has 0 atom stereocenters. The van der Waals surface area contributed by atoms with Crippen LogP contribution < -0.4 is 10.6 Å². The molecule has 1 amide bonds. The van der Waals surface area contributed by atoms with Crippen LogP contribution in [0.4, 0.5) is 5.69 Å². The first-order chi connectivity index (χ1) is 16.4. The number of rotatable bonds is 9. The van der Waals surface area contributed by atoms with Gasteiger partial charge in [-0.15, -0.1) is 12.4 Å². The molecule has 0 aromatic heterocycles. The minimum Gasteiger partial charge on any atom is -0.490 e. The number of carbonyl (C=O) groups is 2. The van der Waals surface area contributed by atoms with Crippen LogP contribution in [0.3, 0.4) is 0 Å². The summed E-state index contributed by atoms with van der Waals surface area (Å²) < 4.78 is 6.13. The predicted molar refractivity (Wildman–Crippen MR) is 138 cm³/mol. The van der Waals surface area contributed by atoms with E-state index in [9.17, 15) is 9.59 Å². The number of nitrogens with zero attached hydrogens (tertiary/aromatic N) is 1. The van der Waals surface area contributed by atoms with Crippen molar-refractivity contribution in [1.29, 1.82) is 5.41 Å². The van der Waals surface area contributed by atoms with Crippen molar-refractivity contribution < 1.29 is 19.4 Å². The van der Waals surface area contributed by atoms with Crippen LogP contribution in [0, 0.1) is 5.41 Å². The first-order valence-corrected chi connectivity index (χ1v) is 10.9. The molecule has 4 N–H and O–H groups in total. The quantitative estimate of drug-likeness (QED) is 0.303. The van der Waals surface area contributed by atoms with Crippen LogP contribution in [0.1, 0.15) is 28.7 Å². The number of nitrogen functional groups attached to an aromatic ring is 1. The van der Waals surface area contributed by atoms with Gasteiger partial charge in [-0.3, -0.25) is 15.0 Å². The van der Waals surface area contributed by atoms with Gasteiger partial charge in [-0.2, -0.15) is 0 Å². The van der Waals surface area contributed by atoms with Gasteiger partial charge in [0.05, 0.1) is 12.1 Å². The third-order valence-corrected chi connectivity index (χ3v) is 5.66.